The third kappa shape index (κ3) is 2.94. The van der Waals surface area contributed by atoms with Gasteiger partial charge in [-0.3, -0.25) is 14.6 Å². The summed E-state index contributed by atoms with van der Waals surface area (Å²) in [6.07, 6.45) is 4.36. The maximum Gasteiger partial charge on any atom is 0.256 e. The van der Waals surface area contributed by atoms with Gasteiger partial charge in [0.2, 0.25) is 5.91 Å². The summed E-state index contributed by atoms with van der Waals surface area (Å²) in [5.41, 5.74) is 1.20. The van der Waals surface area contributed by atoms with Gasteiger partial charge in [0.25, 0.3) is 5.91 Å². The van der Waals surface area contributed by atoms with Gasteiger partial charge in [-0.05, 0) is 44.5 Å². The van der Waals surface area contributed by atoms with Crippen molar-refractivity contribution in [1.82, 2.24) is 20.5 Å². The molecule has 0 aliphatic carbocycles. The molecular weight excluding hydrogens is 328 g/mol. The molecule has 2 aromatic rings. The number of rotatable bonds is 2. The van der Waals surface area contributed by atoms with E-state index in [1.54, 1.807) is 6.20 Å². The number of hydrogen-bond donors (Lipinski definition) is 2. The average molecular weight is 352 g/mol. The number of nitrogens with zero attached hydrogens (tertiary/aromatic N) is 2. The van der Waals surface area contributed by atoms with E-state index >= 15 is 0 Å². The van der Waals surface area contributed by atoms with E-state index in [0.717, 1.165) is 43.3 Å². The SMILES string of the molecule is CC(=O)N[C@@H]1CN(C(=O)c2cccc3cccnc23)C2(CCNCC2)C1. The van der Waals surface area contributed by atoms with Gasteiger partial charge in [-0.15, -0.1) is 0 Å². The predicted octanol–water partition coefficient (Wildman–Crippen LogP) is 1.71. The summed E-state index contributed by atoms with van der Waals surface area (Å²) < 4.78 is 0. The van der Waals surface area contributed by atoms with E-state index in [1.807, 2.05) is 35.2 Å². The number of piperidine rings is 1. The van der Waals surface area contributed by atoms with Gasteiger partial charge in [0.15, 0.2) is 0 Å². The molecule has 3 heterocycles. The molecule has 1 atom stereocenters. The molecule has 0 saturated carbocycles. The largest absolute Gasteiger partial charge is 0.352 e. The number of fused-ring (bicyclic) bond motifs is 1. The summed E-state index contributed by atoms with van der Waals surface area (Å²) in [4.78, 5) is 31.5. The van der Waals surface area contributed by atoms with Crippen molar-refractivity contribution in [2.45, 2.75) is 37.8 Å². The van der Waals surface area contributed by atoms with Gasteiger partial charge in [-0.2, -0.15) is 0 Å². The van der Waals surface area contributed by atoms with E-state index in [2.05, 4.69) is 15.6 Å². The number of hydrogen-bond acceptors (Lipinski definition) is 4. The fourth-order valence-corrected chi connectivity index (χ4v) is 4.52. The van der Waals surface area contributed by atoms with Crippen LogP contribution < -0.4 is 10.6 Å². The molecule has 1 aromatic carbocycles. The molecule has 2 amide bonds. The number of benzene rings is 1. The number of carbonyl (C=O) groups excluding carboxylic acids is 2. The van der Waals surface area contributed by atoms with Gasteiger partial charge in [-0.25, -0.2) is 0 Å². The van der Waals surface area contributed by atoms with Crippen LogP contribution >= 0.6 is 0 Å². The van der Waals surface area contributed by atoms with E-state index < -0.39 is 0 Å². The summed E-state index contributed by atoms with van der Waals surface area (Å²) in [6, 6.07) is 9.62. The lowest BCUT2D eigenvalue weighted by atomic mass is 9.84. The Morgan fingerprint density at radius 3 is 2.77 bits per heavy atom. The van der Waals surface area contributed by atoms with Crippen LogP contribution in [0.2, 0.25) is 0 Å². The highest BCUT2D eigenvalue weighted by molar-refractivity contribution is 6.05. The quantitative estimate of drug-likeness (QED) is 0.863. The van der Waals surface area contributed by atoms with Crippen LogP contribution in [0.5, 0.6) is 0 Å². The molecule has 6 nitrogen and oxygen atoms in total. The van der Waals surface area contributed by atoms with Crippen molar-refractivity contribution < 1.29 is 9.59 Å². The van der Waals surface area contributed by atoms with Crippen LogP contribution in [-0.4, -0.2) is 52.9 Å². The molecule has 2 aliphatic rings. The van der Waals surface area contributed by atoms with Crippen molar-refractivity contribution in [3.05, 3.63) is 42.1 Å². The Kier molecular flexibility index (Phi) is 4.36. The molecule has 2 aliphatic heterocycles. The molecule has 0 radical (unpaired) electrons. The van der Waals surface area contributed by atoms with Crippen LogP contribution in [-0.2, 0) is 4.79 Å². The highest BCUT2D eigenvalue weighted by Gasteiger charge is 2.48. The molecule has 2 saturated heterocycles. The minimum Gasteiger partial charge on any atom is -0.352 e. The molecule has 1 aromatic heterocycles. The second-order valence-corrected chi connectivity index (χ2v) is 7.37. The Morgan fingerprint density at radius 1 is 1.23 bits per heavy atom. The topological polar surface area (TPSA) is 74.3 Å². The normalized spacial score (nSPS) is 21.9. The van der Waals surface area contributed by atoms with E-state index in [4.69, 9.17) is 0 Å². The monoisotopic (exact) mass is 352 g/mol. The standard InChI is InChI=1S/C20H24N4O2/c1-14(25)23-16-12-20(7-10-21-11-8-20)24(13-16)19(26)17-6-2-4-15-5-3-9-22-18(15)17/h2-6,9,16,21H,7-8,10-13H2,1H3,(H,23,25)/t16-/m0/s1. The maximum atomic E-state index is 13.5. The third-order valence-electron chi connectivity index (χ3n) is 5.65. The Bertz CT molecular complexity index is 839. The molecular formula is C20H24N4O2. The molecule has 136 valence electrons. The first-order chi connectivity index (χ1) is 12.6. The first-order valence-corrected chi connectivity index (χ1v) is 9.23. The van der Waals surface area contributed by atoms with Crippen LogP contribution in [0.3, 0.4) is 0 Å². The first kappa shape index (κ1) is 17.0. The first-order valence-electron chi connectivity index (χ1n) is 9.23. The zero-order chi connectivity index (χ0) is 18.1. The number of pyridine rings is 1. The number of amides is 2. The van der Waals surface area contributed by atoms with Gasteiger partial charge in [-0.1, -0.05) is 18.2 Å². The van der Waals surface area contributed by atoms with Gasteiger partial charge < -0.3 is 15.5 Å². The Labute approximate surface area is 153 Å². The lowest BCUT2D eigenvalue weighted by molar-refractivity contribution is -0.119. The van der Waals surface area contributed by atoms with Crippen molar-refractivity contribution in [2.24, 2.45) is 0 Å². The lowest BCUT2D eigenvalue weighted by Crippen LogP contribution is -2.53. The van der Waals surface area contributed by atoms with Crippen LogP contribution in [0, 0.1) is 0 Å². The minimum absolute atomic E-state index is 0.0116. The van der Waals surface area contributed by atoms with Crippen LogP contribution in [0.25, 0.3) is 10.9 Å². The summed E-state index contributed by atoms with van der Waals surface area (Å²) in [5.74, 6) is -0.0238. The molecule has 2 fully saturated rings. The van der Waals surface area contributed by atoms with Crippen molar-refractivity contribution in [3.63, 3.8) is 0 Å². The summed E-state index contributed by atoms with van der Waals surface area (Å²) in [5, 5.41) is 7.37. The van der Waals surface area contributed by atoms with Crippen molar-refractivity contribution in [3.8, 4) is 0 Å². The number of nitrogens with one attached hydrogen (secondary N) is 2. The Hall–Kier alpha value is -2.47. The predicted molar refractivity (Wildman–Crippen MR) is 99.8 cm³/mol. The number of likely N-dealkylation sites (tertiary alicyclic amines) is 1. The Morgan fingerprint density at radius 2 is 2.00 bits per heavy atom. The fraction of sp³-hybridized carbons (Fsp3) is 0.450. The van der Waals surface area contributed by atoms with Crippen molar-refractivity contribution >= 4 is 22.7 Å². The number of aromatic nitrogens is 1. The molecule has 2 N–H and O–H groups in total. The zero-order valence-corrected chi connectivity index (χ0v) is 15.0. The summed E-state index contributed by atoms with van der Waals surface area (Å²) in [7, 11) is 0. The van der Waals surface area contributed by atoms with Gasteiger partial charge in [0.05, 0.1) is 11.1 Å². The number of carbonyl (C=O) groups is 2. The Balaban J connectivity index is 1.71. The van der Waals surface area contributed by atoms with Gasteiger partial charge >= 0.3 is 0 Å². The average Bonchev–Trinajstić information content (AvgIpc) is 2.97. The van der Waals surface area contributed by atoms with E-state index in [1.165, 1.54) is 6.92 Å². The molecule has 0 bridgehead atoms. The van der Waals surface area contributed by atoms with Crippen molar-refractivity contribution in [2.75, 3.05) is 19.6 Å². The highest BCUT2D eigenvalue weighted by Crippen LogP contribution is 2.38. The maximum absolute atomic E-state index is 13.5. The molecule has 4 rings (SSSR count). The number of para-hydroxylation sites is 1. The van der Waals surface area contributed by atoms with E-state index in [-0.39, 0.29) is 23.4 Å². The van der Waals surface area contributed by atoms with Crippen LogP contribution in [0.1, 0.15) is 36.5 Å². The zero-order valence-electron chi connectivity index (χ0n) is 15.0. The summed E-state index contributed by atoms with van der Waals surface area (Å²) in [6.45, 7) is 3.88. The van der Waals surface area contributed by atoms with Gasteiger partial charge in [0.1, 0.15) is 0 Å². The second kappa shape index (κ2) is 6.68. The lowest BCUT2D eigenvalue weighted by Gasteiger charge is -2.41. The van der Waals surface area contributed by atoms with Crippen molar-refractivity contribution in [1.29, 1.82) is 0 Å². The molecule has 0 unspecified atom stereocenters. The summed E-state index contributed by atoms with van der Waals surface area (Å²) >= 11 is 0. The van der Waals surface area contributed by atoms with E-state index in [9.17, 15) is 9.59 Å². The fourth-order valence-electron chi connectivity index (χ4n) is 4.52. The minimum atomic E-state index is -0.188. The highest BCUT2D eigenvalue weighted by atomic mass is 16.2. The van der Waals surface area contributed by atoms with Gasteiger partial charge in [0, 0.05) is 36.6 Å². The second-order valence-electron chi connectivity index (χ2n) is 7.37. The molecule has 6 heteroatoms. The van der Waals surface area contributed by atoms with Crippen LogP contribution in [0.15, 0.2) is 36.5 Å². The third-order valence-corrected chi connectivity index (χ3v) is 5.65. The van der Waals surface area contributed by atoms with Crippen LogP contribution in [0.4, 0.5) is 0 Å². The van der Waals surface area contributed by atoms with E-state index in [0.29, 0.717) is 12.1 Å². The molecule has 26 heavy (non-hydrogen) atoms. The molecule has 1 spiro atoms. The smallest absolute Gasteiger partial charge is 0.256 e.